The molecule has 8 heteroatoms. The summed E-state index contributed by atoms with van der Waals surface area (Å²) < 4.78 is 10.7. The van der Waals surface area contributed by atoms with Crippen LogP contribution in [0, 0.1) is 0 Å². The zero-order valence-corrected chi connectivity index (χ0v) is 18.9. The second-order valence-electron chi connectivity index (χ2n) is 7.76. The van der Waals surface area contributed by atoms with Crippen LogP contribution in [0.25, 0.3) is 6.08 Å². The zero-order valence-electron chi connectivity index (χ0n) is 18.9. The van der Waals surface area contributed by atoms with E-state index in [1.54, 1.807) is 30.3 Å². The first-order valence-corrected chi connectivity index (χ1v) is 10.8. The molecule has 3 aromatic carbocycles. The topological polar surface area (TPSA) is 102 Å². The summed E-state index contributed by atoms with van der Waals surface area (Å²) in [6.07, 6.45) is 2.80. The van der Waals surface area contributed by atoms with Gasteiger partial charge >= 0.3 is 5.97 Å². The molecule has 1 aliphatic heterocycles. The van der Waals surface area contributed by atoms with E-state index in [0.29, 0.717) is 18.0 Å². The van der Waals surface area contributed by atoms with E-state index in [1.807, 2.05) is 30.3 Å². The van der Waals surface area contributed by atoms with E-state index in [-0.39, 0.29) is 11.1 Å². The monoisotopic (exact) mass is 470 g/mol. The van der Waals surface area contributed by atoms with E-state index in [4.69, 9.17) is 9.47 Å². The van der Waals surface area contributed by atoms with Crippen molar-refractivity contribution < 1.29 is 28.7 Å². The molecule has 0 unspecified atom stereocenters. The summed E-state index contributed by atoms with van der Waals surface area (Å²) in [5, 5.41) is 2.54. The molecule has 0 bridgehead atoms. The molecule has 1 heterocycles. The van der Waals surface area contributed by atoms with Gasteiger partial charge in [0.25, 0.3) is 17.7 Å². The van der Waals surface area contributed by atoms with E-state index in [2.05, 4.69) is 5.32 Å². The summed E-state index contributed by atoms with van der Waals surface area (Å²) in [5.41, 5.74) is 2.65. The van der Waals surface area contributed by atoms with Crippen LogP contribution >= 0.6 is 0 Å². The second-order valence-corrected chi connectivity index (χ2v) is 7.76. The molecular formula is C27H22N2O6. The van der Waals surface area contributed by atoms with Gasteiger partial charge in [-0.05, 0) is 47.5 Å². The molecule has 3 amide bonds. The lowest BCUT2D eigenvalue weighted by Gasteiger charge is -2.07. The number of esters is 1. The van der Waals surface area contributed by atoms with Gasteiger partial charge in [0, 0.05) is 18.8 Å². The Hall–Kier alpha value is -4.72. The van der Waals surface area contributed by atoms with Crippen LogP contribution in [-0.4, -0.2) is 42.2 Å². The van der Waals surface area contributed by atoms with Gasteiger partial charge in [0.2, 0.25) is 0 Å². The number of fused-ring (bicyclic) bond motifs is 1. The molecule has 1 aliphatic rings. The Morgan fingerprint density at radius 1 is 0.914 bits per heavy atom. The molecular weight excluding hydrogens is 448 g/mol. The van der Waals surface area contributed by atoms with Crippen LogP contribution in [0.4, 0.5) is 5.69 Å². The van der Waals surface area contributed by atoms with Crippen LogP contribution in [0.1, 0.15) is 31.8 Å². The normalized spacial score (nSPS) is 12.5. The molecule has 0 saturated carbocycles. The number of imide groups is 1. The van der Waals surface area contributed by atoms with E-state index in [0.717, 1.165) is 16.0 Å². The number of hydrogen-bond acceptors (Lipinski definition) is 6. The Morgan fingerprint density at radius 2 is 1.63 bits per heavy atom. The molecule has 8 nitrogen and oxygen atoms in total. The third-order valence-corrected chi connectivity index (χ3v) is 5.26. The number of nitrogens with one attached hydrogen (secondary N) is 1. The predicted octanol–water partition coefficient (Wildman–Crippen LogP) is 3.69. The van der Waals surface area contributed by atoms with Crippen molar-refractivity contribution in [1.29, 1.82) is 0 Å². The smallest absolute Gasteiger partial charge is 0.331 e. The predicted molar refractivity (Wildman–Crippen MR) is 129 cm³/mol. The Morgan fingerprint density at radius 3 is 2.37 bits per heavy atom. The zero-order chi connectivity index (χ0) is 24.8. The molecule has 4 rings (SSSR count). The highest BCUT2D eigenvalue weighted by molar-refractivity contribution is 6.21. The highest BCUT2D eigenvalue weighted by Crippen LogP contribution is 2.24. The minimum atomic E-state index is -0.680. The van der Waals surface area contributed by atoms with Gasteiger partial charge in [0.1, 0.15) is 12.4 Å². The van der Waals surface area contributed by atoms with Crippen molar-refractivity contribution in [2.75, 3.05) is 19.0 Å². The van der Waals surface area contributed by atoms with Gasteiger partial charge in [0.05, 0.1) is 11.1 Å². The van der Waals surface area contributed by atoms with E-state index in [1.165, 1.54) is 31.3 Å². The van der Waals surface area contributed by atoms with E-state index >= 15 is 0 Å². The average Bonchev–Trinajstić information content (AvgIpc) is 3.09. The molecule has 0 atom stereocenters. The fraction of sp³-hybridized carbons (Fsp3) is 0.111. The first-order chi connectivity index (χ1) is 16.9. The van der Waals surface area contributed by atoms with Crippen LogP contribution in [0.5, 0.6) is 5.75 Å². The summed E-state index contributed by atoms with van der Waals surface area (Å²) in [4.78, 5) is 49.1. The molecule has 0 aliphatic carbocycles. The molecule has 0 aromatic heterocycles. The van der Waals surface area contributed by atoms with Crippen molar-refractivity contribution in [3.8, 4) is 5.75 Å². The van der Waals surface area contributed by atoms with E-state index in [9.17, 15) is 19.2 Å². The maximum absolute atomic E-state index is 12.1. The lowest BCUT2D eigenvalue weighted by molar-refractivity contribution is -0.142. The van der Waals surface area contributed by atoms with Gasteiger partial charge in [-0.3, -0.25) is 19.3 Å². The lowest BCUT2D eigenvalue weighted by atomic mass is 10.1. The fourth-order valence-corrected chi connectivity index (χ4v) is 3.40. The largest absolute Gasteiger partial charge is 0.489 e. The van der Waals surface area contributed by atoms with Crippen molar-refractivity contribution in [3.05, 3.63) is 101 Å². The number of nitrogens with zero attached hydrogens (tertiary/aromatic N) is 1. The standard InChI is InChI=1S/C27H22N2O6/c1-29-26(32)22-13-10-20(15-23(22)27(29)33)28-24(30)17-35-25(31)14-9-18-7-11-21(12-8-18)34-16-19-5-3-2-4-6-19/h2-15H,16-17H2,1H3,(H,28,30)/b14-9+. The number of anilines is 1. The molecule has 0 radical (unpaired) electrons. The third kappa shape index (κ3) is 5.80. The molecule has 0 fully saturated rings. The van der Waals surface area contributed by atoms with Crippen LogP contribution < -0.4 is 10.1 Å². The van der Waals surface area contributed by atoms with Crippen molar-refractivity contribution in [3.63, 3.8) is 0 Å². The van der Waals surface area contributed by atoms with E-state index < -0.39 is 30.3 Å². The van der Waals surface area contributed by atoms with Gasteiger partial charge in [-0.25, -0.2) is 4.79 Å². The Balaban J connectivity index is 1.23. The number of benzene rings is 3. The molecule has 35 heavy (non-hydrogen) atoms. The number of ether oxygens (including phenoxy) is 2. The summed E-state index contributed by atoms with van der Waals surface area (Å²) >= 11 is 0. The van der Waals surface area contributed by atoms with Gasteiger partial charge < -0.3 is 14.8 Å². The van der Waals surface area contributed by atoms with Gasteiger partial charge in [-0.1, -0.05) is 42.5 Å². The Bertz CT molecular complexity index is 1300. The summed E-state index contributed by atoms with van der Waals surface area (Å²) in [6.45, 7) is -0.0410. The number of hydrogen-bond donors (Lipinski definition) is 1. The maximum Gasteiger partial charge on any atom is 0.331 e. The molecule has 176 valence electrons. The number of carbonyl (C=O) groups excluding carboxylic acids is 4. The third-order valence-electron chi connectivity index (χ3n) is 5.26. The minimum absolute atomic E-state index is 0.215. The van der Waals surface area contributed by atoms with Gasteiger partial charge in [0.15, 0.2) is 6.61 Å². The summed E-state index contributed by atoms with van der Waals surface area (Å²) in [5.74, 6) is -1.38. The fourth-order valence-electron chi connectivity index (χ4n) is 3.40. The van der Waals surface area contributed by atoms with Crippen molar-refractivity contribution in [2.24, 2.45) is 0 Å². The van der Waals surface area contributed by atoms with Crippen LogP contribution in [-0.2, 0) is 20.9 Å². The van der Waals surface area contributed by atoms with Crippen LogP contribution in [0.15, 0.2) is 78.9 Å². The van der Waals surface area contributed by atoms with Gasteiger partial charge in [-0.2, -0.15) is 0 Å². The van der Waals surface area contributed by atoms with Crippen molar-refractivity contribution >= 4 is 35.5 Å². The van der Waals surface area contributed by atoms with Crippen LogP contribution in [0.2, 0.25) is 0 Å². The second kappa shape index (κ2) is 10.5. The highest BCUT2D eigenvalue weighted by Gasteiger charge is 2.32. The molecule has 3 aromatic rings. The molecule has 0 spiro atoms. The SMILES string of the molecule is CN1C(=O)c2ccc(NC(=O)COC(=O)/C=C/c3ccc(OCc4ccccc4)cc3)cc2C1=O. The quantitative estimate of drug-likeness (QED) is 0.306. The first-order valence-electron chi connectivity index (χ1n) is 10.8. The summed E-state index contributed by atoms with van der Waals surface area (Å²) in [7, 11) is 1.39. The summed E-state index contributed by atoms with van der Waals surface area (Å²) in [6, 6.07) is 21.4. The average molecular weight is 470 g/mol. The highest BCUT2D eigenvalue weighted by atomic mass is 16.5. The Labute approximate surface area is 201 Å². The molecule has 0 saturated heterocycles. The van der Waals surface area contributed by atoms with Crippen LogP contribution in [0.3, 0.4) is 0 Å². The van der Waals surface area contributed by atoms with Crippen molar-refractivity contribution in [2.45, 2.75) is 6.61 Å². The minimum Gasteiger partial charge on any atom is -0.489 e. The number of carbonyl (C=O) groups is 4. The first kappa shape index (κ1) is 23.4. The number of rotatable bonds is 8. The maximum atomic E-state index is 12.1. The molecule has 1 N–H and O–H groups in total. The lowest BCUT2D eigenvalue weighted by Crippen LogP contribution is -2.24. The van der Waals surface area contributed by atoms with Gasteiger partial charge in [-0.15, -0.1) is 0 Å². The van der Waals surface area contributed by atoms with Crippen molar-refractivity contribution in [1.82, 2.24) is 4.90 Å². The number of amides is 3. The Kier molecular flexibility index (Phi) is 7.02.